The molecule has 4 rings (SSSR count). The number of nitrogens with one attached hydrogen (secondary N) is 2. The molecule has 0 unspecified atom stereocenters. The molecule has 6 heteroatoms. The first kappa shape index (κ1) is 20.7. The summed E-state index contributed by atoms with van der Waals surface area (Å²) in [4.78, 5) is 8.72. The smallest absolute Gasteiger partial charge is 0.101 e. The van der Waals surface area contributed by atoms with Crippen molar-refractivity contribution < 1.29 is 0 Å². The lowest BCUT2D eigenvalue weighted by molar-refractivity contribution is 0.952. The predicted molar refractivity (Wildman–Crippen MR) is 120 cm³/mol. The van der Waals surface area contributed by atoms with Crippen LogP contribution in [0, 0.1) is 13.8 Å². The van der Waals surface area contributed by atoms with E-state index in [0.717, 1.165) is 49.8 Å². The SMILES string of the molecule is Cc1cccc(C)c1CC1=NCCN1.Clc1cccc(Cl)c1CC1=NCCN1. The summed E-state index contributed by atoms with van der Waals surface area (Å²) in [7, 11) is 0. The van der Waals surface area contributed by atoms with E-state index in [-0.39, 0.29) is 0 Å². The van der Waals surface area contributed by atoms with Crippen molar-refractivity contribution >= 4 is 34.9 Å². The molecule has 0 aliphatic carbocycles. The lowest BCUT2D eigenvalue weighted by Gasteiger charge is -2.09. The van der Waals surface area contributed by atoms with Crippen LogP contribution in [0.3, 0.4) is 0 Å². The van der Waals surface area contributed by atoms with Crippen molar-refractivity contribution in [2.45, 2.75) is 26.7 Å². The van der Waals surface area contributed by atoms with Crippen LogP contribution in [0.2, 0.25) is 10.0 Å². The second kappa shape index (κ2) is 9.94. The van der Waals surface area contributed by atoms with Crippen molar-refractivity contribution in [2.24, 2.45) is 9.98 Å². The van der Waals surface area contributed by atoms with E-state index in [2.05, 4.69) is 52.7 Å². The van der Waals surface area contributed by atoms with Gasteiger partial charge in [-0.3, -0.25) is 9.98 Å². The van der Waals surface area contributed by atoms with Gasteiger partial charge in [-0.05, 0) is 48.2 Å². The standard InChI is InChI=1S/C12H16N2.C10H10Cl2N2/c1-9-4-3-5-10(2)11(9)8-12-13-6-7-14-12;11-8-2-1-3-9(12)7(8)6-10-13-4-5-14-10/h3-5H,6-8H2,1-2H3,(H,13,14);1-3H,4-6H2,(H,13,14). The highest BCUT2D eigenvalue weighted by atomic mass is 35.5. The van der Waals surface area contributed by atoms with E-state index in [0.29, 0.717) is 16.5 Å². The summed E-state index contributed by atoms with van der Waals surface area (Å²) in [5, 5.41) is 7.91. The van der Waals surface area contributed by atoms with Crippen LogP contribution in [0.1, 0.15) is 22.3 Å². The molecular formula is C22H26Cl2N4. The second-order valence-corrected chi connectivity index (χ2v) is 7.75. The highest BCUT2D eigenvalue weighted by Crippen LogP contribution is 2.25. The Morgan fingerprint density at radius 2 is 1.21 bits per heavy atom. The van der Waals surface area contributed by atoms with Crippen molar-refractivity contribution in [3.05, 3.63) is 68.7 Å². The Bertz CT molecular complexity index is 776. The molecular weight excluding hydrogens is 391 g/mol. The number of aryl methyl sites for hydroxylation is 2. The molecule has 0 radical (unpaired) electrons. The van der Waals surface area contributed by atoms with Gasteiger partial charge in [0.2, 0.25) is 0 Å². The Morgan fingerprint density at radius 1 is 0.750 bits per heavy atom. The molecule has 2 heterocycles. The summed E-state index contributed by atoms with van der Waals surface area (Å²) in [5.74, 6) is 2.11. The lowest BCUT2D eigenvalue weighted by Crippen LogP contribution is -2.21. The van der Waals surface area contributed by atoms with Crippen molar-refractivity contribution in [1.29, 1.82) is 0 Å². The van der Waals surface area contributed by atoms with E-state index in [1.54, 1.807) is 0 Å². The van der Waals surface area contributed by atoms with E-state index in [1.807, 2.05) is 18.2 Å². The lowest BCUT2D eigenvalue weighted by atomic mass is 10.00. The molecule has 0 atom stereocenters. The van der Waals surface area contributed by atoms with Crippen molar-refractivity contribution in [1.82, 2.24) is 10.6 Å². The van der Waals surface area contributed by atoms with Gasteiger partial charge in [-0.25, -0.2) is 0 Å². The zero-order valence-corrected chi connectivity index (χ0v) is 17.9. The Kier molecular flexibility index (Phi) is 7.35. The molecule has 0 amide bonds. The molecule has 0 saturated heterocycles. The minimum absolute atomic E-state index is 0.693. The van der Waals surface area contributed by atoms with Gasteiger partial charge in [0.05, 0.1) is 13.1 Å². The van der Waals surface area contributed by atoms with Gasteiger partial charge in [0, 0.05) is 36.0 Å². The van der Waals surface area contributed by atoms with Crippen molar-refractivity contribution in [2.75, 3.05) is 26.2 Å². The maximum absolute atomic E-state index is 6.04. The Morgan fingerprint density at radius 3 is 1.68 bits per heavy atom. The molecule has 148 valence electrons. The van der Waals surface area contributed by atoms with Crippen LogP contribution in [-0.2, 0) is 12.8 Å². The average Bonchev–Trinajstić information content (AvgIpc) is 3.36. The van der Waals surface area contributed by atoms with E-state index in [9.17, 15) is 0 Å². The monoisotopic (exact) mass is 416 g/mol. The third-order valence-electron chi connectivity index (χ3n) is 4.88. The predicted octanol–water partition coefficient (Wildman–Crippen LogP) is 4.39. The number of rotatable bonds is 4. The molecule has 4 nitrogen and oxygen atoms in total. The number of aliphatic imine (C=N–C) groups is 2. The van der Waals surface area contributed by atoms with Gasteiger partial charge in [0.25, 0.3) is 0 Å². The van der Waals surface area contributed by atoms with Crippen LogP contribution in [0.4, 0.5) is 0 Å². The van der Waals surface area contributed by atoms with E-state index in [1.165, 1.54) is 16.7 Å². The fraction of sp³-hybridized carbons (Fsp3) is 0.364. The van der Waals surface area contributed by atoms with Crippen molar-refractivity contribution in [3.8, 4) is 0 Å². The summed E-state index contributed by atoms with van der Waals surface area (Å²) in [6.45, 7) is 8.02. The minimum atomic E-state index is 0.693. The Labute approximate surface area is 177 Å². The first-order chi connectivity index (χ1) is 13.5. The fourth-order valence-electron chi connectivity index (χ4n) is 3.29. The normalized spacial score (nSPS) is 15.1. The van der Waals surface area contributed by atoms with Gasteiger partial charge in [0.15, 0.2) is 0 Å². The van der Waals surface area contributed by atoms with Gasteiger partial charge < -0.3 is 10.6 Å². The summed E-state index contributed by atoms with van der Waals surface area (Å²) in [5.41, 5.74) is 5.09. The molecule has 0 aromatic heterocycles. The molecule has 0 saturated carbocycles. The fourth-order valence-corrected chi connectivity index (χ4v) is 3.83. The second-order valence-electron chi connectivity index (χ2n) is 6.93. The molecule has 0 bridgehead atoms. The van der Waals surface area contributed by atoms with Gasteiger partial charge in [-0.15, -0.1) is 0 Å². The van der Waals surface area contributed by atoms with Crippen LogP contribution < -0.4 is 10.6 Å². The molecule has 28 heavy (non-hydrogen) atoms. The highest BCUT2D eigenvalue weighted by Gasteiger charge is 2.11. The highest BCUT2D eigenvalue weighted by molar-refractivity contribution is 6.36. The number of nitrogens with zero attached hydrogens (tertiary/aromatic N) is 2. The summed E-state index contributed by atoms with van der Waals surface area (Å²) in [6.07, 6.45) is 1.65. The molecule has 2 N–H and O–H groups in total. The first-order valence-corrected chi connectivity index (χ1v) is 10.3. The van der Waals surface area contributed by atoms with Crippen LogP contribution in [0.15, 0.2) is 46.4 Å². The van der Waals surface area contributed by atoms with Crippen molar-refractivity contribution in [3.63, 3.8) is 0 Å². The third-order valence-corrected chi connectivity index (χ3v) is 5.59. The first-order valence-electron chi connectivity index (χ1n) is 9.57. The number of benzene rings is 2. The third kappa shape index (κ3) is 5.49. The topological polar surface area (TPSA) is 48.8 Å². The van der Waals surface area contributed by atoms with Gasteiger partial charge in [0.1, 0.15) is 11.7 Å². The Balaban J connectivity index is 0.000000161. The van der Waals surface area contributed by atoms with Gasteiger partial charge in [-0.2, -0.15) is 0 Å². The van der Waals surface area contributed by atoms with Crippen LogP contribution in [-0.4, -0.2) is 37.9 Å². The number of hydrogen-bond donors (Lipinski definition) is 2. The molecule has 2 aliphatic rings. The maximum atomic E-state index is 6.04. The number of halogens is 2. The van der Waals surface area contributed by atoms with E-state index in [4.69, 9.17) is 23.2 Å². The van der Waals surface area contributed by atoms with E-state index >= 15 is 0 Å². The van der Waals surface area contributed by atoms with Gasteiger partial charge >= 0.3 is 0 Å². The summed E-state index contributed by atoms with van der Waals surface area (Å²) >= 11 is 12.1. The number of amidine groups is 2. The molecule has 0 fully saturated rings. The van der Waals surface area contributed by atoms with Crippen LogP contribution in [0.5, 0.6) is 0 Å². The molecule has 0 spiro atoms. The zero-order chi connectivity index (χ0) is 19.9. The van der Waals surface area contributed by atoms with Crippen LogP contribution in [0.25, 0.3) is 0 Å². The summed E-state index contributed by atoms with van der Waals surface area (Å²) in [6, 6.07) is 12.0. The van der Waals surface area contributed by atoms with Crippen LogP contribution >= 0.6 is 23.2 Å². The molecule has 2 aliphatic heterocycles. The number of hydrogen-bond acceptors (Lipinski definition) is 4. The summed E-state index contributed by atoms with van der Waals surface area (Å²) < 4.78 is 0. The molecule has 2 aromatic carbocycles. The van der Waals surface area contributed by atoms with E-state index < -0.39 is 0 Å². The molecule has 2 aromatic rings. The average molecular weight is 417 g/mol. The maximum Gasteiger partial charge on any atom is 0.101 e. The minimum Gasteiger partial charge on any atom is -0.372 e. The quantitative estimate of drug-likeness (QED) is 0.776. The Hall–Kier alpha value is -2.04. The van der Waals surface area contributed by atoms with Gasteiger partial charge in [-0.1, -0.05) is 47.5 Å². The zero-order valence-electron chi connectivity index (χ0n) is 16.4. The largest absolute Gasteiger partial charge is 0.372 e.